The lowest BCUT2D eigenvalue weighted by Gasteiger charge is -2.10. The molecule has 0 saturated carbocycles. The van der Waals surface area contributed by atoms with Crippen molar-refractivity contribution in [2.75, 3.05) is 0 Å². The Kier molecular flexibility index (Phi) is 4.51. The van der Waals surface area contributed by atoms with Crippen LogP contribution >= 0.6 is 11.6 Å². The maximum absolute atomic E-state index is 11.6. The number of amides is 1. The number of rotatable bonds is 4. The van der Waals surface area contributed by atoms with Crippen LogP contribution in [0.5, 0.6) is 0 Å². The number of benzene rings is 1. The van der Waals surface area contributed by atoms with E-state index in [-0.39, 0.29) is 10.6 Å². The molecule has 0 bridgehead atoms. The Morgan fingerprint density at radius 2 is 1.95 bits per heavy atom. The van der Waals surface area contributed by atoms with E-state index in [1.165, 1.54) is 19.1 Å². The number of halogens is 1. The van der Waals surface area contributed by atoms with Crippen LogP contribution in [0.2, 0.25) is 5.02 Å². The molecule has 0 aliphatic heterocycles. The van der Waals surface area contributed by atoms with Crippen LogP contribution in [0.15, 0.2) is 23.1 Å². The summed E-state index contributed by atoms with van der Waals surface area (Å²) < 4.78 is 27.2. The summed E-state index contributed by atoms with van der Waals surface area (Å²) in [6, 6.07) is 3.40. The summed E-state index contributed by atoms with van der Waals surface area (Å²) in [5.74, 6) is -1.73. The van der Waals surface area contributed by atoms with Crippen LogP contribution in [0.4, 0.5) is 0 Å². The first kappa shape index (κ1) is 15.4. The van der Waals surface area contributed by atoms with Gasteiger partial charge in [-0.3, -0.25) is 4.79 Å². The summed E-state index contributed by atoms with van der Waals surface area (Å²) in [6.07, 6.45) is -1.14. The average molecular weight is 307 g/mol. The number of hydrogen-bond acceptors (Lipinski definition) is 5. The summed E-state index contributed by atoms with van der Waals surface area (Å²) in [5, 5.41) is 4.81. The van der Waals surface area contributed by atoms with Crippen molar-refractivity contribution in [3.05, 3.63) is 28.8 Å². The van der Waals surface area contributed by atoms with Crippen LogP contribution < -0.4 is 10.9 Å². The van der Waals surface area contributed by atoms with E-state index in [9.17, 15) is 18.0 Å². The number of carbonyl (C=O) groups is 2. The van der Waals surface area contributed by atoms with Crippen molar-refractivity contribution in [3.63, 3.8) is 0 Å². The molecular formula is C10H11ClN2O5S. The summed E-state index contributed by atoms with van der Waals surface area (Å²) >= 11 is 5.66. The van der Waals surface area contributed by atoms with Gasteiger partial charge in [-0.1, -0.05) is 11.6 Å². The Bertz CT molecular complexity index is 629. The van der Waals surface area contributed by atoms with Gasteiger partial charge in [0.2, 0.25) is 10.0 Å². The molecule has 1 aromatic carbocycles. The number of hydrogen-bond donors (Lipinski definition) is 2. The lowest BCUT2D eigenvalue weighted by molar-refractivity contribution is -0.125. The highest BCUT2D eigenvalue weighted by atomic mass is 35.5. The fourth-order valence-electron chi connectivity index (χ4n) is 1.14. The van der Waals surface area contributed by atoms with E-state index in [1.54, 1.807) is 0 Å². The minimum Gasteiger partial charge on any atom is -0.449 e. The lowest BCUT2D eigenvalue weighted by Crippen LogP contribution is -2.30. The number of ether oxygens (including phenoxy) is 1. The predicted molar refractivity (Wildman–Crippen MR) is 66.9 cm³/mol. The van der Waals surface area contributed by atoms with Gasteiger partial charge in [-0.2, -0.15) is 0 Å². The topological polar surface area (TPSA) is 130 Å². The number of nitrogens with two attached hydrogens (primary N) is 2. The Balaban J connectivity index is 3.10. The van der Waals surface area contributed by atoms with Gasteiger partial charge in [-0.25, -0.2) is 18.4 Å². The quantitative estimate of drug-likeness (QED) is 0.757. The fourth-order valence-corrected chi connectivity index (χ4v) is 2.21. The first-order chi connectivity index (χ1) is 8.62. The zero-order chi connectivity index (χ0) is 14.8. The Morgan fingerprint density at radius 3 is 2.42 bits per heavy atom. The number of carbonyl (C=O) groups excluding carboxylic acids is 2. The Hall–Kier alpha value is -1.64. The second-order valence-electron chi connectivity index (χ2n) is 3.64. The van der Waals surface area contributed by atoms with E-state index in [1.807, 2.05) is 0 Å². The normalized spacial score (nSPS) is 12.8. The maximum Gasteiger partial charge on any atom is 0.338 e. The van der Waals surface area contributed by atoms with Gasteiger partial charge in [0.05, 0.1) is 10.6 Å². The summed E-state index contributed by atoms with van der Waals surface area (Å²) in [4.78, 5) is 22.0. The number of esters is 1. The molecule has 0 spiro atoms. The van der Waals surface area contributed by atoms with Crippen molar-refractivity contribution >= 4 is 33.5 Å². The molecule has 0 aliphatic rings. The molecule has 19 heavy (non-hydrogen) atoms. The molecule has 0 aromatic heterocycles. The van der Waals surface area contributed by atoms with Crippen LogP contribution in [-0.2, 0) is 19.6 Å². The van der Waals surface area contributed by atoms with E-state index in [4.69, 9.17) is 27.2 Å². The molecule has 4 N–H and O–H groups in total. The first-order valence-electron chi connectivity index (χ1n) is 4.95. The van der Waals surface area contributed by atoms with Crippen molar-refractivity contribution in [1.29, 1.82) is 0 Å². The van der Waals surface area contributed by atoms with E-state index in [0.29, 0.717) is 0 Å². The van der Waals surface area contributed by atoms with Crippen molar-refractivity contribution in [1.82, 2.24) is 0 Å². The Labute approximate surface area is 114 Å². The fraction of sp³-hybridized carbons (Fsp3) is 0.200. The minimum atomic E-state index is -4.07. The highest BCUT2D eigenvalue weighted by molar-refractivity contribution is 7.89. The molecule has 0 unspecified atom stereocenters. The average Bonchev–Trinajstić information content (AvgIpc) is 2.27. The number of primary sulfonamides is 1. The van der Waals surface area contributed by atoms with Crippen molar-refractivity contribution in [3.8, 4) is 0 Å². The van der Waals surface area contributed by atoms with Gasteiger partial charge in [-0.15, -0.1) is 0 Å². The van der Waals surface area contributed by atoms with Gasteiger partial charge < -0.3 is 10.5 Å². The van der Waals surface area contributed by atoms with Gasteiger partial charge in [0.1, 0.15) is 4.90 Å². The van der Waals surface area contributed by atoms with Gasteiger partial charge >= 0.3 is 5.97 Å². The summed E-state index contributed by atoms with van der Waals surface area (Å²) in [7, 11) is -4.07. The lowest BCUT2D eigenvalue weighted by atomic mass is 10.2. The standard InChI is InChI=1S/C10H11ClN2O5S/c1-5(9(12)14)18-10(15)6-2-3-7(11)8(4-6)19(13,16)17/h2-5H,1H3,(H2,12,14)(H2,13,16,17)/t5-/m0/s1. The van der Waals surface area contributed by atoms with E-state index in [2.05, 4.69) is 0 Å². The van der Waals surface area contributed by atoms with Crippen LogP contribution in [-0.4, -0.2) is 26.4 Å². The summed E-state index contributed by atoms with van der Waals surface area (Å²) in [6.45, 7) is 1.29. The third kappa shape index (κ3) is 3.91. The van der Waals surface area contributed by atoms with Crippen LogP contribution in [0.1, 0.15) is 17.3 Å². The smallest absolute Gasteiger partial charge is 0.338 e. The van der Waals surface area contributed by atoms with Gasteiger partial charge in [0, 0.05) is 0 Å². The molecule has 1 aromatic rings. The molecule has 0 fully saturated rings. The third-order valence-corrected chi connectivity index (χ3v) is 3.55. The van der Waals surface area contributed by atoms with Crippen LogP contribution in [0, 0.1) is 0 Å². The molecule has 0 radical (unpaired) electrons. The molecule has 1 atom stereocenters. The largest absolute Gasteiger partial charge is 0.449 e. The zero-order valence-electron chi connectivity index (χ0n) is 9.79. The minimum absolute atomic E-state index is 0.110. The molecule has 0 aliphatic carbocycles. The van der Waals surface area contributed by atoms with Crippen molar-refractivity contribution in [2.24, 2.45) is 10.9 Å². The SMILES string of the molecule is C[C@H](OC(=O)c1ccc(Cl)c(S(N)(=O)=O)c1)C(N)=O. The molecule has 7 nitrogen and oxygen atoms in total. The molecule has 0 saturated heterocycles. The molecular weight excluding hydrogens is 296 g/mol. The molecule has 104 valence electrons. The maximum atomic E-state index is 11.6. The highest BCUT2D eigenvalue weighted by Crippen LogP contribution is 2.22. The second-order valence-corrected chi connectivity index (χ2v) is 5.58. The number of sulfonamides is 1. The van der Waals surface area contributed by atoms with Crippen LogP contribution in [0.25, 0.3) is 0 Å². The van der Waals surface area contributed by atoms with Gasteiger partial charge in [0.15, 0.2) is 6.10 Å². The van der Waals surface area contributed by atoms with E-state index >= 15 is 0 Å². The molecule has 0 heterocycles. The predicted octanol–water partition coefficient (Wildman–Crippen LogP) is 0.0180. The zero-order valence-corrected chi connectivity index (χ0v) is 11.4. The molecule has 1 amide bonds. The van der Waals surface area contributed by atoms with Crippen molar-refractivity contribution in [2.45, 2.75) is 17.9 Å². The molecule has 9 heteroatoms. The second kappa shape index (κ2) is 5.55. The van der Waals surface area contributed by atoms with Crippen molar-refractivity contribution < 1.29 is 22.7 Å². The Morgan fingerprint density at radius 1 is 1.37 bits per heavy atom. The third-order valence-electron chi connectivity index (χ3n) is 2.16. The first-order valence-corrected chi connectivity index (χ1v) is 6.88. The summed E-state index contributed by atoms with van der Waals surface area (Å²) in [5.41, 5.74) is 4.82. The monoisotopic (exact) mass is 306 g/mol. The van der Waals surface area contributed by atoms with Gasteiger partial charge in [-0.05, 0) is 25.1 Å². The van der Waals surface area contributed by atoms with E-state index < -0.39 is 32.9 Å². The van der Waals surface area contributed by atoms with Crippen LogP contribution in [0.3, 0.4) is 0 Å². The number of primary amides is 1. The van der Waals surface area contributed by atoms with E-state index in [0.717, 1.165) is 6.07 Å². The molecule has 1 rings (SSSR count). The highest BCUT2D eigenvalue weighted by Gasteiger charge is 2.20. The van der Waals surface area contributed by atoms with Gasteiger partial charge in [0.25, 0.3) is 5.91 Å².